The molecule has 1 N–H and O–H groups in total. The molecule has 0 saturated carbocycles. The smallest absolute Gasteiger partial charge is 0.278 e. The molecule has 0 aromatic heterocycles. The van der Waals surface area contributed by atoms with Crippen molar-refractivity contribution in [1.29, 1.82) is 0 Å². The Labute approximate surface area is 170 Å². The SMILES string of the molecule is CCOCCCN1C(=O)C(Nc2ccc(C)cc2C)=C(c2ccc(F)cc2)C1=O. The van der Waals surface area contributed by atoms with Gasteiger partial charge in [0.05, 0.1) is 5.57 Å². The number of imide groups is 1. The van der Waals surface area contributed by atoms with Crippen LogP contribution in [0.5, 0.6) is 0 Å². The second-order valence-electron chi connectivity index (χ2n) is 7.01. The van der Waals surface area contributed by atoms with Gasteiger partial charge in [-0.2, -0.15) is 0 Å². The molecular formula is C23H25FN2O3. The predicted octanol–water partition coefficient (Wildman–Crippen LogP) is 4.06. The molecule has 0 atom stereocenters. The number of hydrogen-bond acceptors (Lipinski definition) is 4. The normalized spacial score (nSPS) is 14.1. The van der Waals surface area contributed by atoms with Crippen LogP contribution < -0.4 is 5.32 Å². The zero-order chi connectivity index (χ0) is 21.0. The van der Waals surface area contributed by atoms with E-state index in [0.717, 1.165) is 16.8 Å². The number of ether oxygens (including phenoxy) is 1. The number of hydrogen-bond donors (Lipinski definition) is 1. The molecule has 2 aromatic rings. The summed E-state index contributed by atoms with van der Waals surface area (Å²) in [6.07, 6.45) is 0.554. The lowest BCUT2D eigenvalue weighted by Crippen LogP contribution is -2.34. The van der Waals surface area contributed by atoms with Crippen LogP contribution in [0.3, 0.4) is 0 Å². The molecule has 1 aliphatic heterocycles. The second kappa shape index (κ2) is 9.01. The van der Waals surface area contributed by atoms with Crippen molar-refractivity contribution >= 4 is 23.1 Å². The van der Waals surface area contributed by atoms with Gasteiger partial charge in [0.25, 0.3) is 11.8 Å². The summed E-state index contributed by atoms with van der Waals surface area (Å²) in [5.41, 5.74) is 3.79. The number of amides is 2. The number of carbonyl (C=O) groups excluding carboxylic acids is 2. The largest absolute Gasteiger partial charge is 0.382 e. The summed E-state index contributed by atoms with van der Waals surface area (Å²) in [6, 6.07) is 11.4. The Morgan fingerprint density at radius 2 is 1.76 bits per heavy atom. The molecule has 2 amide bonds. The standard InChI is InChI=1S/C23H25FN2O3/c1-4-29-13-5-12-26-22(27)20(17-7-9-18(24)10-8-17)21(23(26)28)25-19-11-6-15(2)14-16(19)3/h6-11,14,25H,4-5,12-13H2,1-3H3. The van der Waals surface area contributed by atoms with E-state index in [1.165, 1.54) is 29.2 Å². The monoisotopic (exact) mass is 396 g/mol. The maximum atomic E-state index is 13.4. The van der Waals surface area contributed by atoms with Gasteiger partial charge in [0.2, 0.25) is 0 Å². The van der Waals surface area contributed by atoms with Gasteiger partial charge in [-0.3, -0.25) is 14.5 Å². The Bertz CT molecular complexity index is 951. The molecule has 2 aromatic carbocycles. The van der Waals surface area contributed by atoms with E-state index in [9.17, 15) is 14.0 Å². The molecule has 152 valence electrons. The number of carbonyl (C=O) groups is 2. The topological polar surface area (TPSA) is 58.6 Å². The Balaban J connectivity index is 1.96. The van der Waals surface area contributed by atoms with Crippen LogP contribution in [0.15, 0.2) is 48.2 Å². The molecule has 1 heterocycles. The highest BCUT2D eigenvalue weighted by Gasteiger charge is 2.39. The van der Waals surface area contributed by atoms with Crippen molar-refractivity contribution in [3.63, 3.8) is 0 Å². The average molecular weight is 396 g/mol. The third-order valence-electron chi connectivity index (χ3n) is 4.82. The summed E-state index contributed by atoms with van der Waals surface area (Å²) < 4.78 is 18.7. The molecular weight excluding hydrogens is 371 g/mol. The highest BCUT2D eigenvalue weighted by atomic mass is 19.1. The molecule has 0 saturated heterocycles. The fourth-order valence-corrected chi connectivity index (χ4v) is 3.34. The van der Waals surface area contributed by atoms with E-state index >= 15 is 0 Å². The van der Waals surface area contributed by atoms with Crippen molar-refractivity contribution in [3.05, 3.63) is 70.7 Å². The van der Waals surface area contributed by atoms with Crippen molar-refractivity contribution in [2.75, 3.05) is 25.1 Å². The summed E-state index contributed by atoms with van der Waals surface area (Å²) in [4.78, 5) is 27.4. The number of aryl methyl sites for hydroxylation is 2. The van der Waals surface area contributed by atoms with Gasteiger partial charge in [-0.25, -0.2) is 4.39 Å². The molecule has 1 aliphatic rings. The van der Waals surface area contributed by atoms with Crippen LogP contribution in [0.4, 0.5) is 10.1 Å². The summed E-state index contributed by atoms with van der Waals surface area (Å²) in [5.74, 6) is -1.17. The van der Waals surface area contributed by atoms with Crippen LogP contribution in [-0.4, -0.2) is 36.5 Å². The maximum absolute atomic E-state index is 13.4. The fourth-order valence-electron chi connectivity index (χ4n) is 3.34. The average Bonchev–Trinajstić information content (AvgIpc) is 2.92. The van der Waals surface area contributed by atoms with Crippen LogP contribution in [0.2, 0.25) is 0 Å². The van der Waals surface area contributed by atoms with Crippen molar-refractivity contribution in [3.8, 4) is 0 Å². The number of benzene rings is 2. The Hall–Kier alpha value is -2.99. The third-order valence-corrected chi connectivity index (χ3v) is 4.82. The van der Waals surface area contributed by atoms with E-state index in [1.54, 1.807) is 0 Å². The number of halogens is 1. The summed E-state index contributed by atoms with van der Waals surface area (Å²) in [6.45, 7) is 7.14. The molecule has 0 unspecified atom stereocenters. The second-order valence-corrected chi connectivity index (χ2v) is 7.01. The van der Waals surface area contributed by atoms with Crippen LogP contribution in [-0.2, 0) is 14.3 Å². The van der Waals surface area contributed by atoms with E-state index in [1.807, 2.05) is 39.0 Å². The molecule has 5 nitrogen and oxygen atoms in total. The van der Waals surface area contributed by atoms with E-state index in [-0.39, 0.29) is 29.6 Å². The summed E-state index contributed by atoms with van der Waals surface area (Å²) in [5, 5.41) is 3.15. The number of anilines is 1. The molecule has 0 fully saturated rings. The molecule has 6 heteroatoms. The van der Waals surface area contributed by atoms with E-state index in [2.05, 4.69) is 5.32 Å². The van der Waals surface area contributed by atoms with E-state index < -0.39 is 5.82 Å². The third kappa shape index (κ3) is 4.54. The highest BCUT2D eigenvalue weighted by molar-refractivity contribution is 6.36. The van der Waals surface area contributed by atoms with Gasteiger partial charge in [0.15, 0.2) is 0 Å². The lowest BCUT2D eigenvalue weighted by atomic mass is 10.0. The minimum absolute atomic E-state index is 0.213. The zero-order valence-corrected chi connectivity index (χ0v) is 16.9. The van der Waals surface area contributed by atoms with Crippen molar-refractivity contribution < 1.29 is 18.7 Å². The zero-order valence-electron chi connectivity index (χ0n) is 16.9. The van der Waals surface area contributed by atoms with Gasteiger partial charge in [-0.05, 0) is 56.5 Å². The molecule has 0 radical (unpaired) electrons. The minimum Gasteiger partial charge on any atom is -0.382 e. The first-order chi connectivity index (χ1) is 13.9. The van der Waals surface area contributed by atoms with Gasteiger partial charge in [-0.15, -0.1) is 0 Å². The lowest BCUT2D eigenvalue weighted by molar-refractivity contribution is -0.137. The van der Waals surface area contributed by atoms with Gasteiger partial charge in [0.1, 0.15) is 11.5 Å². The summed E-state index contributed by atoms with van der Waals surface area (Å²) in [7, 11) is 0. The van der Waals surface area contributed by atoms with Crippen LogP contribution in [0.25, 0.3) is 5.57 Å². The van der Waals surface area contributed by atoms with E-state index in [4.69, 9.17) is 4.74 Å². The Morgan fingerprint density at radius 1 is 1.03 bits per heavy atom. The van der Waals surface area contributed by atoms with Crippen molar-refractivity contribution in [2.24, 2.45) is 0 Å². The van der Waals surface area contributed by atoms with Gasteiger partial charge >= 0.3 is 0 Å². The first kappa shape index (κ1) is 20.7. The van der Waals surface area contributed by atoms with Gasteiger partial charge in [0, 0.05) is 25.4 Å². The highest BCUT2D eigenvalue weighted by Crippen LogP contribution is 2.31. The molecule has 0 aliphatic carbocycles. The summed E-state index contributed by atoms with van der Waals surface area (Å²) >= 11 is 0. The molecule has 29 heavy (non-hydrogen) atoms. The minimum atomic E-state index is -0.399. The number of nitrogens with zero attached hydrogens (tertiary/aromatic N) is 1. The Morgan fingerprint density at radius 3 is 2.41 bits per heavy atom. The Kier molecular flexibility index (Phi) is 6.44. The van der Waals surface area contributed by atoms with Crippen LogP contribution in [0.1, 0.15) is 30.0 Å². The molecule has 0 bridgehead atoms. The first-order valence-electron chi connectivity index (χ1n) is 9.70. The van der Waals surface area contributed by atoms with Crippen LogP contribution >= 0.6 is 0 Å². The van der Waals surface area contributed by atoms with Crippen molar-refractivity contribution in [1.82, 2.24) is 4.90 Å². The van der Waals surface area contributed by atoms with Gasteiger partial charge in [-0.1, -0.05) is 29.8 Å². The first-order valence-corrected chi connectivity index (χ1v) is 9.70. The quantitative estimate of drug-likeness (QED) is 0.540. The van der Waals surface area contributed by atoms with Gasteiger partial charge < -0.3 is 10.1 Å². The maximum Gasteiger partial charge on any atom is 0.278 e. The van der Waals surface area contributed by atoms with Crippen LogP contribution in [0, 0.1) is 19.7 Å². The molecule has 3 rings (SSSR count). The van der Waals surface area contributed by atoms with Crippen molar-refractivity contribution in [2.45, 2.75) is 27.2 Å². The predicted molar refractivity (Wildman–Crippen MR) is 111 cm³/mol. The number of rotatable bonds is 8. The lowest BCUT2D eigenvalue weighted by Gasteiger charge is -2.15. The van der Waals surface area contributed by atoms with E-state index in [0.29, 0.717) is 25.2 Å². The fraction of sp³-hybridized carbons (Fsp3) is 0.304. The molecule has 0 spiro atoms. The number of nitrogens with one attached hydrogen (secondary N) is 1.